The number of aliphatic hydroxyl groups excluding tert-OH is 1. The van der Waals surface area contributed by atoms with Gasteiger partial charge in [0, 0.05) is 48.8 Å². The molecule has 10 heteroatoms. The van der Waals surface area contributed by atoms with E-state index in [-0.39, 0.29) is 18.2 Å². The SMILES string of the molecule is Cc1nc(N2CCOCC2)c(NC(=O)c2ccnc(C(C)(C)F)c2)cc1-c1ccnc(NCCO)c1. The van der Waals surface area contributed by atoms with Crippen LogP contribution in [0.4, 0.5) is 21.7 Å². The van der Waals surface area contributed by atoms with Gasteiger partial charge in [-0.15, -0.1) is 0 Å². The number of morpholine rings is 1. The summed E-state index contributed by atoms with van der Waals surface area (Å²) in [5.74, 6) is 0.900. The number of nitrogens with zero attached hydrogens (tertiary/aromatic N) is 4. The summed E-state index contributed by atoms with van der Waals surface area (Å²) in [6.07, 6.45) is 3.12. The van der Waals surface area contributed by atoms with E-state index in [0.29, 0.717) is 55.7 Å². The number of pyridine rings is 3. The van der Waals surface area contributed by atoms with Crippen LogP contribution in [0.1, 0.15) is 35.6 Å². The van der Waals surface area contributed by atoms with E-state index in [2.05, 4.69) is 25.5 Å². The summed E-state index contributed by atoms with van der Waals surface area (Å²) >= 11 is 0. The van der Waals surface area contributed by atoms with Gasteiger partial charge in [-0.3, -0.25) is 9.78 Å². The van der Waals surface area contributed by atoms with Crippen LogP contribution < -0.4 is 15.5 Å². The number of aryl methyl sites for hydroxylation is 1. The predicted octanol–water partition coefficient (Wildman–Crippen LogP) is 3.54. The van der Waals surface area contributed by atoms with Crippen molar-refractivity contribution in [2.24, 2.45) is 0 Å². The number of aromatic nitrogens is 3. The van der Waals surface area contributed by atoms with E-state index in [0.717, 1.165) is 16.8 Å². The molecule has 3 aromatic heterocycles. The topological polar surface area (TPSA) is 112 Å². The summed E-state index contributed by atoms with van der Waals surface area (Å²) in [5.41, 5.74) is 1.85. The van der Waals surface area contributed by atoms with Crippen LogP contribution in [0.25, 0.3) is 11.1 Å². The largest absolute Gasteiger partial charge is 0.395 e. The number of anilines is 3. The van der Waals surface area contributed by atoms with Crippen LogP contribution in [0, 0.1) is 6.92 Å². The molecule has 1 fully saturated rings. The van der Waals surface area contributed by atoms with Gasteiger partial charge in [0.15, 0.2) is 5.82 Å². The molecular weight excluding hydrogens is 463 g/mol. The minimum absolute atomic E-state index is 0.00672. The number of aliphatic hydroxyl groups is 1. The number of hydrogen-bond donors (Lipinski definition) is 3. The zero-order valence-electron chi connectivity index (χ0n) is 20.7. The molecule has 4 rings (SSSR count). The second-order valence-corrected chi connectivity index (χ2v) is 9.03. The van der Waals surface area contributed by atoms with Crippen molar-refractivity contribution >= 4 is 23.2 Å². The Kier molecular flexibility index (Phi) is 7.76. The number of rotatable bonds is 8. The Bertz CT molecular complexity index is 1220. The highest BCUT2D eigenvalue weighted by Crippen LogP contribution is 2.33. The standard InChI is InChI=1S/C26H31FN6O3/c1-17-20(18-4-7-29-23(15-18)30-8-11-34)16-21(24(31-17)33-9-12-36-13-10-33)32-25(35)19-5-6-28-22(14-19)26(2,3)27/h4-7,14-16,34H,8-13H2,1-3H3,(H,29,30)(H,32,35). The van der Waals surface area contributed by atoms with Gasteiger partial charge in [-0.05, 0) is 56.7 Å². The highest BCUT2D eigenvalue weighted by molar-refractivity contribution is 6.06. The fourth-order valence-electron chi connectivity index (χ4n) is 3.96. The number of ether oxygens (including phenoxy) is 1. The Hall–Kier alpha value is -3.63. The molecule has 3 aromatic rings. The van der Waals surface area contributed by atoms with Gasteiger partial charge in [-0.25, -0.2) is 14.4 Å². The third-order valence-electron chi connectivity index (χ3n) is 5.87. The normalized spacial score (nSPS) is 14.0. The van der Waals surface area contributed by atoms with Crippen LogP contribution in [0.5, 0.6) is 0 Å². The lowest BCUT2D eigenvalue weighted by molar-refractivity contribution is 0.102. The van der Waals surface area contributed by atoms with Crippen LogP contribution in [0.3, 0.4) is 0 Å². The fourth-order valence-corrected chi connectivity index (χ4v) is 3.96. The highest BCUT2D eigenvalue weighted by Gasteiger charge is 2.24. The van der Waals surface area contributed by atoms with Gasteiger partial charge < -0.3 is 25.4 Å². The first kappa shape index (κ1) is 25.5. The van der Waals surface area contributed by atoms with Gasteiger partial charge in [-0.2, -0.15) is 0 Å². The molecule has 1 amide bonds. The lowest BCUT2D eigenvalue weighted by Crippen LogP contribution is -2.37. The average Bonchev–Trinajstić information content (AvgIpc) is 2.88. The zero-order chi connectivity index (χ0) is 25.7. The zero-order valence-corrected chi connectivity index (χ0v) is 20.7. The molecule has 0 aliphatic carbocycles. The van der Waals surface area contributed by atoms with Crippen molar-refractivity contribution in [3.05, 3.63) is 59.7 Å². The molecule has 0 aromatic carbocycles. The number of carbonyl (C=O) groups is 1. The molecule has 0 atom stereocenters. The molecule has 1 saturated heterocycles. The third-order valence-corrected chi connectivity index (χ3v) is 5.87. The number of nitrogens with one attached hydrogen (secondary N) is 2. The van der Waals surface area contributed by atoms with E-state index in [1.807, 2.05) is 25.1 Å². The predicted molar refractivity (Wildman–Crippen MR) is 137 cm³/mol. The summed E-state index contributed by atoms with van der Waals surface area (Å²) in [4.78, 5) is 28.6. The van der Waals surface area contributed by atoms with E-state index < -0.39 is 5.67 Å². The van der Waals surface area contributed by atoms with Crippen LogP contribution in [-0.2, 0) is 10.4 Å². The van der Waals surface area contributed by atoms with Crippen molar-refractivity contribution in [2.45, 2.75) is 26.4 Å². The summed E-state index contributed by atoms with van der Waals surface area (Å²) in [6.45, 7) is 7.54. The number of alkyl halides is 1. The van der Waals surface area contributed by atoms with E-state index >= 15 is 0 Å². The van der Waals surface area contributed by atoms with E-state index in [9.17, 15) is 9.18 Å². The molecule has 0 saturated carbocycles. The van der Waals surface area contributed by atoms with Crippen LogP contribution in [0.15, 0.2) is 42.7 Å². The quantitative estimate of drug-likeness (QED) is 0.436. The van der Waals surface area contributed by atoms with Gasteiger partial charge in [0.2, 0.25) is 0 Å². The van der Waals surface area contributed by atoms with Crippen molar-refractivity contribution in [3.8, 4) is 11.1 Å². The molecule has 1 aliphatic rings. The minimum atomic E-state index is -1.67. The van der Waals surface area contributed by atoms with E-state index in [1.165, 1.54) is 26.1 Å². The van der Waals surface area contributed by atoms with Crippen molar-refractivity contribution in [1.29, 1.82) is 0 Å². The number of amides is 1. The first-order valence-corrected chi connectivity index (χ1v) is 11.9. The Morgan fingerprint density at radius 1 is 1.17 bits per heavy atom. The summed E-state index contributed by atoms with van der Waals surface area (Å²) in [7, 11) is 0. The molecule has 36 heavy (non-hydrogen) atoms. The molecule has 4 heterocycles. The first-order chi connectivity index (χ1) is 17.3. The summed E-state index contributed by atoms with van der Waals surface area (Å²) in [6, 6.07) is 8.67. The van der Waals surface area contributed by atoms with E-state index in [1.54, 1.807) is 12.3 Å². The van der Waals surface area contributed by atoms with Crippen molar-refractivity contribution in [2.75, 3.05) is 55.0 Å². The summed E-state index contributed by atoms with van der Waals surface area (Å²) in [5, 5.41) is 15.2. The Labute approximate surface area is 209 Å². The second kappa shape index (κ2) is 11.0. The van der Waals surface area contributed by atoms with E-state index in [4.69, 9.17) is 14.8 Å². The van der Waals surface area contributed by atoms with Crippen LogP contribution in [-0.4, -0.2) is 65.4 Å². The molecule has 3 N–H and O–H groups in total. The van der Waals surface area contributed by atoms with Crippen molar-refractivity contribution in [1.82, 2.24) is 15.0 Å². The Balaban J connectivity index is 1.72. The van der Waals surface area contributed by atoms with Crippen LogP contribution >= 0.6 is 0 Å². The van der Waals surface area contributed by atoms with Crippen LogP contribution in [0.2, 0.25) is 0 Å². The number of hydrogen-bond acceptors (Lipinski definition) is 8. The fraction of sp³-hybridized carbons (Fsp3) is 0.385. The molecule has 0 spiro atoms. The molecule has 0 radical (unpaired) electrons. The molecule has 1 aliphatic heterocycles. The smallest absolute Gasteiger partial charge is 0.255 e. The second-order valence-electron chi connectivity index (χ2n) is 9.03. The molecule has 0 bridgehead atoms. The maximum atomic E-state index is 14.4. The first-order valence-electron chi connectivity index (χ1n) is 11.9. The average molecular weight is 495 g/mol. The van der Waals surface area contributed by atoms with Crippen molar-refractivity contribution < 1.29 is 19.0 Å². The lowest BCUT2D eigenvalue weighted by Gasteiger charge is -2.30. The van der Waals surface area contributed by atoms with Gasteiger partial charge in [-0.1, -0.05) is 0 Å². The highest BCUT2D eigenvalue weighted by atomic mass is 19.1. The van der Waals surface area contributed by atoms with Gasteiger partial charge in [0.05, 0.1) is 31.2 Å². The number of carbonyl (C=O) groups excluding carboxylic acids is 1. The van der Waals surface area contributed by atoms with Gasteiger partial charge >= 0.3 is 0 Å². The molecule has 0 unspecified atom stereocenters. The van der Waals surface area contributed by atoms with Gasteiger partial charge in [0.25, 0.3) is 5.91 Å². The number of halogens is 1. The third kappa shape index (κ3) is 5.95. The molecular formula is C26H31FN6O3. The minimum Gasteiger partial charge on any atom is -0.395 e. The maximum Gasteiger partial charge on any atom is 0.255 e. The molecule has 190 valence electrons. The Morgan fingerprint density at radius 2 is 1.92 bits per heavy atom. The van der Waals surface area contributed by atoms with Gasteiger partial charge in [0.1, 0.15) is 11.5 Å². The Morgan fingerprint density at radius 3 is 2.64 bits per heavy atom. The molecule has 9 nitrogen and oxygen atoms in total. The summed E-state index contributed by atoms with van der Waals surface area (Å²) < 4.78 is 19.9. The lowest BCUT2D eigenvalue weighted by atomic mass is 10.0. The monoisotopic (exact) mass is 494 g/mol. The van der Waals surface area contributed by atoms with Crippen molar-refractivity contribution in [3.63, 3.8) is 0 Å². The maximum absolute atomic E-state index is 14.4.